The van der Waals surface area contributed by atoms with Crippen molar-refractivity contribution in [1.82, 2.24) is 10.2 Å². The van der Waals surface area contributed by atoms with Gasteiger partial charge in [0.25, 0.3) is 0 Å². The number of nitrogens with zero attached hydrogens (tertiary/aromatic N) is 1. The fraction of sp³-hybridized carbons (Fsp3) is 0.400. The van der Waals surface area contributed by atoms with E-state index >= 15 is 0 Å². The fourth-order valence-corrected chi connectivity index (χ4v) is 2.39. The van der Waals surface area contributed by atoms with E-state index in [0.29, 0.717) is 18.1 Å². The summed E-state index contributed by atoms with van der Waals surface area (Å²) in [7, 11) is 0. The van der Waals surface area contributed by atoms with Gasteiger partial charge in [-0.1, -0.05) is 12.1 Å². The van der Waals surface area contributed by atoms with Crippen molar-refractivity contribution in [1.29, 1.82) is 0 Å². The number of imide groups is 1. The van der Waals surface area contributed by atoms with E-state index < -0.39 is 0 Å². The van der Waals surface area contributed by atoms with Crippen LogP contribution in [0.2, 0.25) is 0 Å². The monoisotopic (exact) mass is 304 g/mol. The summed E-state index contributed by atoms with van der Waals surface area (Å²) >= 11 is 0. The lowest BCUT2D eigenvalue weighted by atomic mass is 10.2. The summed E-state index contributed by atoms with van der Waals surface area (Å²) < 4.78 is 11.2. The Morgan fingerprint density at radius 1 is 1.18 bits per heavy atom. The van der Waals surface area contributed by atoms with Crippen LogP contribution < -0.4 is 14.8 Å². The fourth-order valence-electron chi connectivity index (χ4n) is 2.39. The number of carbonyl (C=O) groups is 3. The van der Waals surface area contributed by atoms with E-state index in [1.807, 2.05) is 18.2 Å². The number of likely N-dealkylation sites (tertiary alicyclic amines) is 1. The zero-order valence-corrected chi connectivity index (χ0v) is 11.9. The average molecular weight is 304 g/mol. The molecular weight excluding hydrogens is 288 g/mol. The molecule has 7 heteroatoms. The normalized spacial score (nSPS) is 20.2. The van der Waals surface area contributed by atoms with Crippen molar-refractivity contribution in [2.24, 2.45) is 0 Å². The summed E-state index contributed by atoms with van der Waals surface area (Å²) in [6.45, 7) is 0.351. The van der Waals surface area contributed by atoms with Gasteiger partial charge in [0.05, 0.1) is 6.54 Å². The molecule has 2 aliphatic heterocycles. The first-order valence-electron chi connectivity index (χ1n) is 7.12. The van der Waals surface area contributed by atoms with Crippen molar-refractivity contribution in [3.05, 3.63) is 24.3 Å². The second kappa shape index (κ2) is 6.05. The lowest BCUT2D eigenvalue weighted by molar-refractivity contribution is -0.142. The van der Waals surface area contributed by atoms with Crippen LogP contribution in [-0.4, -0.2) is 48.4 Å². The van der Waals surface area contributed by atoms with Crippen molar-refractivity contribution < 1.29 is 23.9 Å². The van der Waals surface area contributed by atoms with E-state index in [-0.39, 0.29) is 49.8 Å². The Labute approximate surface area is 127 Å². The van der Waals surface area contributed by atoms with E-state index in [0.717, 1.165) is 4.90 Å². The van der Waals surface area contributed by atoms with Gasteiger partial charge in [0.1, 0.15) is 19.3 Å². The molecule has 116 valence electrons. The summed E-state index contributed by atoms with van der Waals surface area (Å²) in [6.07, 6.45) is 0.0640. The van der Waals surface area contributed by atoms with Crippen LogP contribution in [0.4, 0.5) is 0 Å². The van der Waals surface area contributed by atoms with Crippen LogP contribution in [0.25, 0.3) is 0 Å². The predicted molar refractivity (Wildman–Crippen MR) is 75.3 cm³/mol. The van der Waals surface area contributed by atoms with Crippen molar-refractivity contribution in [2.45, 2.75) is 18.9 Å². The van der Waals surface area contributed by atoms with Crippen LogP contribution in [0.15, 0.2) is 24.3 Å². The average Bonchev–Trinajstić information content (AvgIpc) is 2.84. The highest BCUT2D eigenvalue weighted by Crippen LogP contribution is 2.30. The third kappa shape index (κ3) is 3.03. The Balaban J connectivity index is 1.48. The van der Waals surface area contributed by atoms with Gasteiger partial charge in [0.15, 0.2) is 11.5 Å². The number of carbonyl (C=O) groups excluding carboxylic acids is 3. The Bertz CT molecular complexity index is 600. The molecule has 3 rings (SSSR count). The molecule has 2 heterocycles. The largest absolute Gasteiger partial charge is 0.486 e. The number of rotatable bonds is 4. The van der Waals surface area contributed by atoms with Gasteiger partial charge in [-0.2, -0.15) is 0 Å². The maximum atomic E-state index is 11.8. The smallest absolute Gasteiger partial charge is 0.240 e. The first kappa shape index (κ1) is 14.4. The topological polar surface area (TPSA) is 84.9 Å². The molecule has 0 saturated carbocycles. The summed E-state index contributed by atoms with van der Waals surface area (Å²) in [5.74, 6) is 0.333. The maximum absolute atomic E-state index is 11.8. The molecule has 22 heavy (non-hydrogen) atoms. The Morgan fingerprint density at radius 3 is 2.59 bits per heavy atom. The molecule has 0 spiro atoms. The number of fused-ring (bicyclic) bond motifs is 1. The molecule has 1 N–H and O–H groups in total. The summed E-state index contributed by atoms with van der Waals surface area (Å²) in [5.41, 5.74) is 0. The van der Waals surface area contributed by atoms with Crippen LogP contribution in [-0.2, 0) is 14.4 Å². The zero-order chi connectivity index (χ0) is 15.5. The van der Waals surface area contributed by atoms with Crippen LogP contribution in [0.5, 0.6) is 11.5 Å². The van der Waals surface area contributed by atoms with Crippen molar-refractivity contribution >= 4 is 17.7 Å². The van der Waals surface area contributed by atoms with E-state index in [1.165, 1.54) is 0 Å². The Kier molecular flexibility index (Phi) is 3.95. The van der Waals surface area contributed by atoms with Crippen LogP contribution in [0.1, 0.15) is 12.8 Å². The van der Waals surface area contributed by atoms with Gasteiger partial charge in [-0.3, -0.25) is 19.3 Å². The Hall–Kier alpha value is -2.57. The number of para-hydroxylation sites is 2. The van der Waals surface area contributed by atoms with Gasteiger partial charge >= 0.3 is 0 Å². The molecule has 3 amide bonds. The van der Waals surface area contributed by atoms with Gasteiger partial charge in [0.2, 0.25) is 17.7 Å². The maximum Gasteiger partial charge on any atom is 0.240 e. The molecule has 7 nitrogen and oxygen atoms in total. The molecule has 2 aliphatic rings. The number of hydrogen-bond acceptors (Lipinski definition) is 5. The Morgan fingerprint density at radius 2 is 1.86 bits per heavy atom. The summed E-state index contributed by atoms with van der Waals surface area (Å²) in [5, 5.41) is 2.66. The van der Waals surface area contributed by atoms with Gasteiger partial charge in [-0.05, 0) is 12.1 Å². The van der Waals surface area contributed by atoms with Crippen LogP contribution in [0, 0.1) is 0 Å². The minimum Gasteiger partial charge on any atom is -0.486 e. The zero-order valence-electron chi connectivity index (χ0n) is 11.9. The second-order valence-electron chi connectivity index (χ2n) is 5.18. The lowest BCUT2D eigenvalue weighted by Gasteiger charge is -2.26. The van der Waals surface area contributed by atoms with E-state index in [9.17, 15) is 14.4 Å². The molecule has 1 saturated heterocycles. The molecule has 0 unspecified atom stereocenters. The second-order valence-corrected chi connectivity index (χ2v) is 5.18. The molecule has 1 aromatic carbocycles. The van der Waals surface area contributed by atoms with Gasteiger partial charge in [0, 0.05) is 12.8 Å². The molecule has 0 aromatic heterocycles. The molecule has 0 bridgehead atoms. The van der Waals surface area contributed by atoms with Crippen molar-refractivity contribution in [3.8, 4) is 11.5 Å². The van der Waals surface area contributed by atoms with E-state index in [2.05, 4.69) is 5.32 Å². The highest BCUT2D eigenvalue weighted by Gasteiger charge is 2.30. The SMILES string of the molecule is O=C(CN1C(=O)CCC1=O)NC[C@@H]1COc2ccccc2O1. The van der Waals surface area contributed by atoms with E-state index in [4.69, 9.17) is 9.47 Å². The summed E-state index contributed by atoms with van der Waals surface area (Å²) in [6, 6.07) is 7.31. The highest BCUT2D eigenvalue weighted by atomic mass is 16.6. The van der Waals surface area contributed by atoms with E-state index in [1.54, 1.807) is 6.07 Å². The third-order valence-electron chi connectivity index (χ3n) is 3.55. The van der Waals surface area contributed by atoms with Crippen LogP contribution >= 0.6 is 0 Å². The minimum absolute atomic E-state index is 0.183. The number of ether oxygens (including phenoxy) is 2. The van der Waals surface area contributed by atoms with Crippen molar-refractivity contribution in [3.63, 3.8) is 0 Å². The first-order valence-corrected chi connectivity index (χ1v) is 7.12. The standard InChI is InChI=1S/C15H16N2O5/c18-13(8-17-14(19)5-6-15(17)20)16-7-10-9-21-11-3-1-2-4-12(11)22-10/h1-4,10H,5-9H2,(H,16,18)/t10-/m1/s1. The molecule has 0 radical (unpaired) electrons. The van der Waals surface area contributed by atoms with Crippen LogP contribution in [0.3, 0.4) is 0 Å². The van der Waals surface area contributed by atoms with Gasteiger partial charge in [-0.25, -0.2) is 0 Å². The number of benzene rings is 1. The predicted octanol–water partition coefficient (Wildman–Crippen LogP) is 0.0916. The first-order chi connectivity index (χ1) is 10.6. The molecular formula is C15H16N2O5. The number of amides is 3. The van der Waals surface area contributed by atoms with Crippen molar-refractivity contribution in [2.75, 3.05) is 19.7 Å². The molecule has 0 aliphatic carbocycles. The minimum atomic E-state index is -0.383. The van der Waals surface area contributed by atoms with Gasteiger partial charge in [-0.15, -0.1) is 0 Å². The number of nitrogens with one attached hydrogen (secondary N) is 1. The third-order valence-corrected chi connectivity index (χ3v) is 3.55. The van der Waals surface area contributed by atoms with Gasteiger partial charge < -0.3 is 14.8 Å². The quantitative estimate of drug-likeness (QED) is 0.797. The molecule has 1 fully saturated rings. The highest BCUT2D eigenvalue weighted by molar-refractivity contribution is 6.04. The number of hydrogen-bond donors (Lipinski definition) is 1. The molecule has 1 atom stereocenters. The lowest BCUT2D eigenvalue weighted by Crippen LogP contribution is -2.45. The molecule has 1 aromatic rings. The summed E-state index contributed by atoms with van der Waals surface area (Å²) in [4.78, 5) is 35.7.